The Labute approximate surface area is 176 Å². The van der Waals surface area contributed by atoms with Crippen molar-refractivity contribution < 1.29 is 14.4 Å². The molecule has 3 amide bonds. The monoisotopic (exact) mass is 405 g/mol. The topological polar surface area (TPSA) is 69.7 Å². The maximum absolute atomic E-state index is 12.8. The van der Waals surface area contributed by atoms with Crippen LogP contribution in [0.4, 0.5) is 17.1 Å². The van der Waals surface area contributed by atoms with Gasteiger partial charge in [0.15, 0.2) is 0 Å². The molecule has 6 heteroatoms. The molecular weight excluding hydrogens is 378 g/mol. The molecular formula is C24H27N3O3. The van der Waals surface area contributed by atoms with Gasteiger partial charge in [0.25, 0.3) is 0 Å². The van der Waals surface area contributed by atoms with Crippen molar-refractivity contribution in [2.75, 3.05) is 28.2 Å². The summed E-state index contributed by atoms with van der Waals surface area (Å²) in [5.74, 6) is -0.548. The normalized spacial score (nSPS) is 18.5. The zero-order chi connectivity index (χ0) is 21.5. The average Bonchev–Trinajstić information content (AvgIpc) is 3.30. The molecule has 1 fully saturated rings. The number of hydrogen-bond acceptors (Lipinski definition) is 3. The van der Waals surface area contributed by atoms with E-state index in [1.54, 1.807) is 9.80 Å². The third-order valence-electron chi connectivity index (χ3n) is 5.70. The summed E-state index contributed by atoms with van der Waals surface area (Å²) in [5, 5.41) is 2.95. The first-order valence-corrected chi connectivity index (χ1v) is 10.4. The van der Waals surface area contributed by atoms with E-state index in [1.165, 1.54) is 0 Å². The summed E-state index contributed by atoms with van der Waals surface area (Å²) in [7, 11) is 0. The second-order valence-electron chi connectivity index (χ2n) is 9.03. The molecule has 0 bridgehead atoms. The molecule has 0 saturated carbocycles. The summed E-state index contributed by atoms with van der Waals surface area (Å²) >= 11 is 0. The van der Waals surface area contributed by atoms with Crippen LogP contribution in [0.5, 0.6) is 0 Å². The zero-order valence-electron chi connectivity index (χ0n) is 17.6. The quantitative estimate of drug-likeness (QED) is 0.848. The van der Waals surface area contributed by atoms with E-state index in [0.29, 0.717) is 18.8 Å². The van der Waals surface area contributed by atoms with Gasteiger partial charge in [-0.05, 0) is 36.2 Å². The number of para-hydroxylation sites is 1. The molecule has 1 N–H and O–H groups in total. The Kier molecular flexibility index (Phi) is 5.10. The molecule has 1 saturated heterocycles. The van der Waals surface area contributed by atoms with E-state index >= 15 is 0 Å². The zero-order valence-corrected chi connectivity index (χ0v) is 17.6. The molecule has 0 aromatic heterocycles. The van der Waals surface area contributed by atoms with Crippen molar-refractivity contribution in [2.24, 2.45) is 11.3 Å². The lowest BCUT2D eigenvalue weighted by Crippen LogP contribution is -2.38. The van der Waals surface area contributed by atoms with Crippen LogP contribution in [0.25, 0.3) is 0 Å². The summed E-state index contributed by atoms with van der Waals surface area (Å²) in [5.41, 5.74) is 2.97. The Hall–Kier alpha value is -3.15. The number of carbonyl (C=O) groups is 3. The van der Waals surface area contributed by atoms with Crippen LogP contribution in [-0.2, 0) is 20.8 Å². The second-order valence-corrected chi connectivity index (χ2v) is 9.03. The van der Waals surface area contributed by atoms with Crippen molar-refractivity contribution in [3.8, 4) is 0 Å². The highest BCUT2D eigenvalue weighted by Gasteiger charge is 2.36. The molecule has 6 nitrogen and oxygen atoms in total. The lowest BCUT2D eigenvalue weighted by atomic mass is 9.94. The predicted octanol–water partition coefficient (Wildman–Crippen LogP) is 3.61. The van der Waals surface area contributed by atoms with Crippen LogP contribution in [0.1, 0.15) is 32.8 Å². The third-order valence-corrected chi connectivity index (χ3v) is 5.70. The molecule has 2 aliphatic heterocycles. The van der Waals surface area contributed by atoms with Gasteiger partial charge in [0.1, 0.15) is 0 Å². The Bertz CT molecular complexity index is 995. The number of amides is 3. The summed E-state index contributed by atoms with van der Waals surface area (Å²) in [4.78, 5) is 41.5. The van der Waals surface area contributed by atoms with Gasteiger partial charge in [-0.15, -0.1) is 0 Å². The molecule has 156 valence electrons. The van der Waals surface area contributed by atoms with Crippen LogP contribution < -0.4 is 15.1 Å². The second kappa shape index (κ2) is 7.59. The highest BCUT2D eigenvalue weighted by Crippen LogP contribution is 2.34. The Balaban J connectivity index is 1.47. The smallest absolute Gasteiger partial charge is 0.232 e. The molecule has 4 rings (SSSR count). The minimum absolute atomic E-state index is 0.0442. The third kappa shape index (κ3) is 3.82. The number of benzene rings is 2. The van der Waals surface area contributed by atoms with E-state index < -0.39 is 11.3 Å². The first kappa shape index (κ1) is 20.1. The fraction of sp³-hybridized carbons (Fsp3) is 0.375. The maximum atomic E-state index is 12.8. The van der Waals surface area contributed by atoms with E-state index in [4.69, 9.17) is 0 Å². The van der Waals surface area contributed by atoms with Crippen molar-refractivity contribution in [2.45, 2.75) is 33.6 Å². The summed E-state index contributed by atoms with van der Waals surface area (Å²) in [6.07, 6.45) is 1.01. The summed E-state index contributed by atoms with van der Waals surface area (Å²) < 4.78 is 0. The molecule has 2 aromatic carbocycles. The van der Waals surface area contributed by atoms with Gasteiger partial charge >= 0.3 is 0 Å². The van der Waals surface area contributed by atoms with Gasteiger partial charge in [0, 0.05) is 42.0 Å². The van der Waals surface area contributed by atoms with Crippen LogP contribution in [-0.4, -0.2) is 30.8 Å². The van der Waals surface area contributed by atoms with Gasteiger partial charge in [-0.2, -0.15) is 0 Å². The average molecular weight is 405 g/mol. The Morgan fingerprint density at radius 1 is 1.07 bits per heavy atom. The molecule has 0 radical (unpaired) electrons. The SMILES string of the molecule is CC(C)(C)C(=O)N1CCc2ccc(NC(=O)[C@@H]3CC(=O)N(c4ccccc4)C3)cc21. The number of anilines is 3. The first-order chi connectivity index (χ1) is 14.2. The number of carbonyl (C=O) groups excluding carboxylic acids is 3. The van der Waals surface area contributed by atoms with Gasteiger partial charge in [-0.25, -0.2) is 0 Å². The molecule has 2 aromatic rings. The first-order valence-electron chi connectivity index (χ1n) is 10.4. The number of hydrogen-bond donors (Lipinski definition) is 1. The molecule has 0 unspecified atom stereocenters. The Morgan fingerprint density at radius 3 is 2.50 bits per heavy atom. The van der Waals surface area contributed by atoms with Gasteiger partial charge in [-0.1, -0.05) is 45.0 Å². The molecule has 2 aliphatic rings. The largest absolute Gasteiger partial charge is 0.326 e. The van der Waals surface area contributed by atoms with E-state index in [1.807, 2.05) is 69.3 Å². The summed E-state index contributed by atoms with van der Waals surface area (Å²) in [6, 6.07) is 15.1. The van der Waals surface area contributed by atoms with Crippen molar-refractivity contribution in [1.29, 1.82) is 0 Å². The van der Waals surface area contributed by atoms with Crippen LogP contribution in [0, 0.1) is 11.3 Å². The van der Waals surface area contributed by atoms with Gasteiger partial charge in [-0.3, -0.25) is 14.4 Å². The Morgan fingerprint density at radius 2 is 1.80 bits per heavy atom. The van der Waals surface area contributed by atoms with Crippen LogP contribution in [0.3, 0.4) is 0 Å². The number of nitrogens with zero attached hydrogens (tertiary/aromatic N) is 2. The summed E-state index contributed by atoms with van der Waals surface area (Å²) in [6.45, 7) is 6.76. The lowest BCUT2D eigenvalue weighted by Gasteiger charge is -2.26. The number of fused-ring (bicyclic) bond motifs is 1. The van der Waals surface area contributed by atoms with Crippen LogP contribution >= 0.6 is 0 Å². The molecule has 0 aliphatic carbocycles. The van der Waals surface area contributed by atoms with E-state index in [0.717, 1.165) is 23.4 Å². The fourth-order valence-corrected chi connectivity index (χ4v) is 4.06. The minimum atomic E-state index is -0.466. The van der Waals surface area contributed by atoms with E-state index in [-0.39, 0.29) is 24.1 Å². The van der Waals surface area contributed by atoms with E-state index in [9.17, 15) is 14.4 Å². The van der Waals surface area contributed by atoms with Crippen molar-refractivity contribution >= 4 is 34.8 Å². The highest BCUT2D eigenvalue weighted by atomic mass is 16.2. The molecule has 0 spiro atoms. The maximum Gasteiger partial charge on any atom is 0.232 e. The van der Waals surface area contributed by atoms with Gasteiger partial charge < -0.3 is 15.1 Å². The molecule has 2 heterocycles. The van der Waals surface area contributed by atoms with E-state index in [2.05, 4.69) is 5.32 Å². The van der Waals surface area contributed by atoms with Crippen molar-refractivity contribution in [3.05, 3.63) is 54.1 Å². The van der Waals surface area contributed by atoms with Crippen molar-refractivity contribution in [3.63, 3.8) is 0 Å². The number of nitrogens with one attached hydrogen (secondary N) is 1. The number of rotatable bonds is 3. The predicted molar refractivity (Wildman–Crippen MR) is 117 cm³/mol. The lowest BCUT2D eigenvalue weighted by molar-refractivity contribution is -0.125. The van der Waals surface area contributed by atoms with Crippen LogP contribution in [0.2, 0.25) is 0 Å². The fourth-order valence-electron chi connectivity index (χ4n) is 4.06. The van der Waals surface area contributed by atoms with Gasteiger partial charge in [0.05, 0.1) is 5.92 Å². The standard InChI is InChI=1S/C24H27N3O3/c1-24(2,3)23(30)26-12-11-16-9-10-18(14-20(16)26)25-22(29)17-13-21(28)27(15-17)19-7-5-4-6-8-19/h4-10,14,17H,11-13,15H2,1-3H3,(H,25,29)/t17-/m1/s1. The van der Waals surface area contributed by atoms with Crippen LogP contribution in [0.15, 0.2) is 48.5 Å². The van der Waals surface area contributed by atoms with Crippen molar-refractivity contribution in [1.82, 2.24) is 0 Å². The molecule has 1 atom stereocenters. The molecule has 30 heavy (non-hydrogen) atoms. The van der Waals surface area contributed by atoms with Gasteiger partial charge in [0.2, 0.25) is 17.7 Å². The minimum Gasteiger partial charge on any atom is -0.326 e. The highest BCUT2D eigenvalue weighted by molar-refractivity contribution is 6.04.